The van der Waals surface area contributed by atoms with Gasteiger partial charge in [0.2, 0.25) is 0 Å². The van der Waals surface area contributed by atoms with Crippen molar-refractivity contribution in [2.75, 3.05) is 14.2 Å². The fourth-order valence-electron chi connectivity index (χ4n) is 4.67. The van der Waals surface area contributed by atoms with Crippen molar-refractivity contribution in [1.82, 2.24) is 4.57 Å². The summed E-state index contributed by atoms with van der Waals surface area (Å²) >= 11 is 10.1. The second-order valence-corrected chi connectivity index (χ2v) is 11.8. The Morgan fingerprint density at radius 2 is 1.85 bits per heavy atom. The number of carbonyl (C=O) groups excluding carboxylic acids is 1. The summed E-state index contributed by atoms with van der Waals surface area (Å²) in [6.45, 7) is 2.25. The van der Waals surface area contributed by atoms with Gasteiger partial charge in [-0.25, -0.2) is 9.79 Å². The number of aromatic nitrogens is 1. The molecule has 0 amide bonds. The summed E-state index contributed by atoms with van der Waals surface area (Å²) in [6, 6.07) is 20.3. The van der Waals surface area contributed by atoms with Gasteiger partial charge in [0.15, 0.2) is 16.3 Å². The number of esters is 1. The lowest BCUT2D eigenvalue weighted by Gasteiger charge is -2.25. The van der Waals surface area contributed by atoms with Gasteiger partial charge in [0.25, 0.3) is 5.56 Å². The quantitative estimate of drug-likeness (QED) is 0.176. The summed E-state index contributed by atoms with van der Waals surface area (Å²) in [5.74, 6) is 0.363. The summed E-state index contributed by atoms with van der Waals surface area (Å²) in [5, 5.41) is 0.359. The second kappa shape index (κ2) is 12.6. The van der Waals surface area contributed by atoms with E-state index >= 15 is 0 Å². The average molecular weight is 701 g/mol. The normalized spacial score (nSPS) is 14.9. The Hall–Kier alpha value is -3.41. The van der Waals surface area contributed by atoms with E-state index in [9.17, 15) is 9.59 Å². The molecule has 0 N–H and O–H groups in total. The maximum atomic E-state index is 13.9. The van der Waals surface area contributed by atoms with Gasteiger partial charge in [0, 0.05) is 3.57 Å². The molecule has 1 aromatic heterocycles. The van der Waals surface area contributed by atoms with E-state index < -0.39 is 12.0 Å². The number of allylic oxidation sites excluding steroid dienone is 1. The van der Waals surface area contributed by atoms with Crippen LogP contribution < -0.4 is 24.4 Å². The molecule has 0 spiro atoms. The predicted molar refractivity (Wildman–Crippen MR) is 168 cm³/mol. The van der Waals surface area contributed by atoms with Gasteiger partial charge < -0.3 is 14.2 Å². The third kappa shape index (κ3) is 5.98. The lowest BCUT2D eigenvalue weighted by molar-refractivity contribution is -0.136. The molecule has 2 heterocycles. The molecule has 0 bridgehead atoms. The zero-order valence-electron chi connectivity index (χ0n) is 22.5. The maximum absolute atomic E-state index is 13.9. The summed E-state index contributed by atoms with van der Waals surface area (Å²) in [4.78, 5) is 32.0. The Morgan fingerprint density at radius 1 is 1.12 bits per heavy atom. The SMILES string of the molecule is CCC1=C(C(=O)OC)[C@H](c2ccccc2)n2c(s/c(=C\c3cc(Cl)c(OCc4ccc(I)cc4)c(OC)c3)c2=O)=N1. The molecule has 0 fully saturated rings. The fraction of sp³-hybridized carbons (Fsp3) is 0.194. The maximum Gasteiger partial charge on any atom is 0.338 e. The first kappa shape index (κ1) is 29.1. The molecule has 10 heteroatoms. The van der Waals surface area contributed by atoms with Crippen LogP contribution in [0.1, 0.15) is 36.1 Å². The van der Waals surface area contributed by atoms with Crippen LogP contribution in [-0.2, 0) is 16.1 Å². The minimum atomic E-state index is -0.660. The highest BCUT2D eigenvalue weighted by atomic mass is 127. The topological polar surface area (TPSA) is 79.1 Å². The molecule has 7 nitrogen and oxygen atoms in total. The zero-order valence-corrected chi connectivity index (χ0v) is 26.2. The number of benzene rings is 3. The van der Waals surface area contributed by atoms with Crippen molar-refractivity contribution in [3.05, 3.63) is 123 Å². The molecule has 210 valence electrons. The van der Waals surface area contributed by atoms with Gasteiger partial charge in [0.05, 0.1) is 41.1 Å². The van der Waals surface area contributed by atoms with E-state index in [0.29, 0.717) is 55.7 Å². The van der Waals surface area contributed by atoms with E-state index in [-0.39, 0.29) is 5.56 Å². The number of ether oxygens (including phenoxy) is 3. The summed E-state index contributed by atoms with van der Waals surface area (Å²) in [6.07, 6.45) is 2.26. The molecule has 0 radical (unpaired) electrons. The number of thiazole rings is 1. The summed E-state index contributed by atoms with van der Waals surface area (Å²) in [7, 11) is 2.88. The van der Waals surface area contributed by atoms with Gasteiger partial charge in [0.1, 0.15) is 6.61 Å². The first-order valence-corrected chi connectivity index (χ1v) is 15.0. The third-order valence-electron chi connectivity index (χ3n) is 6.61. The highest BCUT2D eigenvalue weighted by Crippen LogP contribution is 2.37. The van der Waals surface area contributed by atoms with Gasteiger partial charge in [-0.1, -0.05) is 72.3 Å². The predicted octanol–water partition coefficient (Wildman–Crippen LogP) is 5.64. The molecule has 0 saturated heterocycles. The Balaban J connectivity index is 1.58. The van der Waals surface area contributed by atoms with Gasteiger partial charge in [-0.15, -0.1) is 0 Å². The fourth-order valence-corrected chi connectivity index (χ4v) is 6.32. The first-order valence-electron chi connectivity index (χ1n) is 12.8. The monoisotopic (exact) mass is 700 g/mol. The summed E-state index contributed by atoms with van der Waals surface area (Å²) in [5.41, 5.74) is 3.14. The Kier molecular flexibility index (Phi) is 8.96. The molecule has 0 saturated carbocycles. The number of nitrogens with zero attached hydrogens (tertiary/aromatic N) is 2. The molecule has 4 aromatic rings. The van der Waals surface area contributed by atoms with Crippen molar-refractivity contribution in [2.45, 2.75) is 26.0 Å². The smallest absolute Gasteiger partial charge is 0.338 e. The van der Waals surface area contributed by atoms with Crippen LogP contribution >= 0.6 is 45.5 Å². The Bertz CT molecular complexity index is 1810. The van der Waals surface area contributed by atoms with Crippen LogP contribution in [-0.4, -0.2) is 24.8 Å². The highest BCUT2D eigenvalue weighted by Gasteiger charge is 2.33. The molecule has 1 atom stereocenters. The minimum absolute atomic E-state index is 0.270. The van der Waals surface area contributed by atoms with Crippen LogP contribution in [0.4, 0.5) is 0 Å². The van der Waals surface area contributed by atoms with Crippen molar-refractivity contribution in [2.24, 2.45) is 4.99 Å². The van der Waals surface area contributed by atoms with Crippen LogP contribution in [0.3, 0.4) is 0 Å². The molecule has 5 rings (SSSR count). The lowest BCUT2D eigenvalue weighted by atomic mass is 9.95. The van der Waals surface area contributed by atoms with E-state index in [4.69, 9.17) is 30.8 Å². The molecule has 0 unspecified atom stereocenters. The van der Waals surface area contributed by atoms with E-state index in [1.165, 1.54) is 18.4 Å². The van der Waals surface area contributed by atoms with Crippen LogP contribution in [0.15, 0.2) is 87.8 Å². The second-order valence-electron chi connectivity index (χ2n) is 9.15. The van der Waals surface area contributed by atoms with Crippen LogP contribution in [0.2, 0.25) is 5.02 Å². The van der Waals surface area contributed by atoms with E-state index in [1.54, 1.807) is 29.9 Å². The van der Waals surface area contributed by atoms with Crippen LogP contribution in [0.25, 0.3) is 6.08 Å². The average Bonchev–Trinajstić information content (AvgIpc) is 3.30. The van der Waals surface area contributed by atoms with Crippen molar-refractivity contribution in [1.29, 1.82) is 0 Å². The van der Waals surface area contributed by atoms with Crippen LogP contribution in [0.5, 0.6) is 11.5 Å². The van der Waals surface area contributed by atoms with Crippen LogP contribution in [0, 0.1) is 3.57 Å². The number of hydrogen-bond acceptors (Lipinski definition) is 7. The van der Waals surface area contributed by atoms with E-state index in [0.717, 1.165) is 14.7 Å². The van der Waals surface area contributed by atoms with Crippen molar-refractivity contribution >= 4 is 57.6 Å². The van der Waals surface area contributed by atoms with Gasteiger partial charge >= 0.3 is 5.97 Å². The number of hydrogen-bond donors (Lipinski definition) is 0. The molecular weight excluding hydrogens is 675 g/mol. The van der Waals surface area contributed by atoms with Crippen molar-refractivity contribution in [3.8, 4) is 11.5 Å². The molecule has 0 aliphatic carbocycles. The Morgan fingerprint density at radius 3 is 2.51 bits per heavy atom. The molecule has 41 heavy (non-hydrogen) atoms. The van der Waals surface area contributed by atoms with Gasteiger partial charge in [-0.2, -0.15) is 0 Å². The molecule has 1 aliphatic rings. The summed E-state index contributed by atoms with van der Waals surface area (Å²) < 4.78 is 19.9. The lowest BCUT2D eigenvalue weighted by Crippen LogP contribution is -2.40. The third-order valence-corrected chi connectivity index (χ3v) is 8.59. The van der Waals surface area contributed by atoms with Crippen molar-refractivity contribution in [3.63, 3.8) is 0 Å². The van der Waals surface area contributed by atoms with Gasteiger partial charge in [-0.3, -0.25) is 9.36 Å². The number of methoxy groups -OCH3 is 2. The molecule has 3 aromatic carbocycles. The zero-order chi connectivity index (χ0) is 29.1. The minimum Gasteiger partial charge on any atom is -0.493 e. The number of carbonyl (C=O) groups is 1. The standard InChI is InChI=1S/C31H26ClIN2O5S/c1-4-23-26(30(37)39-3)27(20-8-6-5-7-9-20)35-29(36)25(41-31(35)34-23)16-19-14-22(32)28(24(15-19)38-2)40-17-18-10-12-21(33)13-11-18/h5-16,27H,4,17H2,1-3H3/b25-16-/t27-/m0/s1. The van der Waals surface area contributed by atoms with Gasteiger partial charge in [-0.05, 0) is 76.0 Å². The number of fused-ring (bicyclic) bond motifs is 1. The Labute approximate surface area is 259 Å². The molecular formula is C31H26ClIN2O5S. The number of halogens is 2. The molecule has 1 aliphatic heterocycles. The first-order chi connectivity index (χ1) is 19.8. The van der Waals surface area contributed by atoms with Crippen molar-refractivity contribution < 1.29 is 19.0 Å². The largest absolute Gasteiger partial charge is 0.493 e. The number of rotatable bonds is 8. The van der Waals surface area contributed by atoms with E-state index in [1.807, 2.05) is 61.5 Å². The van der Waals surface area contributed by atoms with E-state index in [2.05, 4.69) is 22.6 Å². The highest BCUT2D eigenvalue weighted by molar-refractivity contribution is 14.1.